The van der Waals surface area contributed by atoms with E-state index in [-0.39, 0.29) is 44.0 Å². The van der Waals surface area contributed by atoms with E-state index in [4.69, 9.17) is 14.2 Å². The van der Waals surface area contributed by atoms with Crippen LogP contribution in [0.4, 0.5) is 0 Å². The number of hydrogen-bond donors (Lipinski definition) is 0. The summed E-state index contributed by atoms with van der Waals surface area (Å²) < 4.78 is 16.7. The first-order chi connectivity index (χ1) is 31.0. The average molecular weight is 875 g/mol. The van der Waals surface area contributed by atoms with Gasteiger partial charge in [0.2, 0.25) is 0 Å². The van der Waals surface area contributed by atoms with Crippen molar-refractivity contribution >= 4 is 17.9 Å². The molecule has 358 valence electrons. The van der Waals surface area contributed by atoms with E-state index in [0.29, 0.717) is 19.3 Å². The minimum absolute atomic E-state index is 0.120. The van der Waals surface area contributed by atoms with E-state index < -0.39 is 6.10 Å². The quantitative estimate of drug-likeness (QED) is 0.0262. The molecule has 0 aliphatic carbocycles. The molecule has 0 unspecified atom stereocenters. The molecular weight excluding hydrogens is 781 g/mol. The molecule has 0 saturated heterocycles. The molecule has 0 spiro atoms. The van der Waals surface area contributed by atoms with Crippen LogP contribution < -0.4 is 0 Å². The summed E-state index contributed by atoms with van der Waals surface area (Å²) in [4.78, 5) is 37.9. The van der Waals surface area contributed by atoms with Crippen molar-refractivity contribution in [1.29, 1.82) is 0 Å². The van der Waals surface area contributed by atoms with Gasteiger partial charge in [0, 0.05) is 19.3 Å². The number of unbranched alkanes of at least 4 members (excludes halogenated alkanes) is 18. The fourth-order valence-corrected chi connectivity index (χ4v) is 6.61. The normalized spacial score (nSPS) is 12.9. The molecule has 0 aliphatic rings. The van der Waals surface area contributed by atoms with E-state index in [1.807, 2.05) is 0 Å². The maximum absolute atomic E-state index is 12.8. The zero-order valence-electron chi connectivity index (χ0n) is 40.8. The highest BCUT2D eigenvalue weighted by Crippen LogP contribution is 2.12. The highest BCUT2D eigenvalue weighted by Gasteiger charge is 2.19. The Labute approximate surface area is 387 Å². The lowest BCUT2D eigenvalue weighted by atomic mass is 10.1. The summed E-state index contributed by atoms with van der Waals surface area (Å²) in [7, 11) is 0. The molecule has 6 nitrogen and oxygen atoms in total. The molecule has 0 aromatic heterocycles. The van der Waals surface area contributed by atoms with Crippen LogP contribution in [0, 0.1) is 0 Å². The summed E-state index contributed by atoms with van der Waals surface area (Å²) in [5, 5.41) is 0. The Morgan fingerprint density at radius 2 is 0.603 bits per heavy atom. The second-order valence-corrected chi connectivity index (χ2v) is 16.7. The van der Waals surface area contributed by atoms with Crippen LogP contribution in [-0.4, -0.2) is 37.2 Å². The zero-order chi connectivity index (χ0) is 45.8. The highest BCUT2D eigenvalue weighted by atomic mass is 16.6. The van der Waals surface area contributed by atoms with Crippen molar-refractivity contribution in [3.8, 4) is 0 Å². The van der Waals surface area contributed by atoms with Gasteiger partial charge in [-0.2, -0.15) is 0 Å². The van der Waals surface area contributed by atoms with E-state index >= 15 is 0 Å². The summed E-state index contributed by atoms with van der Waals surface area (Å²) in [6.45, 7) is 6.45. The molecule has 0 bridgehead atoms. The van der Waals surface area contributed by atoms with Crippen LogP contribution in [0.3, 0.4) is 0 Å². The Hall–Kier alpha value is -3.67. The lowest BCUT2D eigenvalue weighted by Gasteiger charge is -2.18. The van der Waals surface area contributed by atoms with Gasteiger partial charge in [-0.25, -0.2) is 0 Å². The van der Waals surface area contributed by atoms with Crippen molar-refractivity contribution in [2.75, 3.05) is 13.2 Å². The molecule has 0 amide bonds. The van der Waals surface area contributed by atoms with Crippen LogP contribution >= 0.6 is 0 Å². The molecule has 63 heavy (non-hydrogen) atoms. The summed E-state index contributed by atoms with van der Waals surface area (Å²) in [6, 6.07) is 0. The predicted octanol–water partition coefficient (Wildman–Crippen LogP) is 17.0. The third kappa shape index (κ3) is 49.2. The van der Waals surface area contributed by atoms with Crippen LogP contribution in [-0.2, 0) is 28.6 Å². The first-order valence-corrected chi connectivity index (χ1v) is 25.7. The van der Waals surface area contributed by atoms with Gasteiger partial charge >= 0.3 is 17.9 Å². The van der Waals surface area contributed by atoms with Crippen LogP contribution in [0.2, 0.25) is 0 Å². The van der Waals surface area contributed by atoms with Gasteiger partial charge in [0.1, 0.15) is 13.2 Å². The molecule has 0 radical (unpaired) electrons. The van der Waals surface area contributed by atoms with E-state index in [1.165, 1.54) is 96.3 Å². The lowest BCUT2D eigenvalue weighted by Crippen LogP contribution is -2.30. The van der Waals surface area contributed by atoms with Gasteiger partial charge in [0.05, 0.1) is 0 Å². The van der Waals surface area contributed by atoms with Crippen molar-refractivity contribution < 1.29 is 28.6 Å². The van der Waals surface area contributed by atoms with Gasteiger partial charge in [-0.15, -0.1) is 0 Å². The van der Waals surface area contributed by atoms with E-state index in [0.717, 1.165) is 77.0 Å². The van der Waals surface area contributed by atoms with Gasteiger partial charge in [-0.1, -0.05) is 195 Å². The second-order valence-electron chi connectivity index (χ2n) is 16.7. The number of allylic oxidation sites excluding steroid dienone is 16. The minimum atomic E-state index is -0.829. The van der Waals surface area contributed by atoms with E-state index in [9.17, 15) is 14.4 Å². The Morgan fingerprint density at radius 3 is 1.05 bits per heavy atom. The maximum atomic E-state index is 12.8. The molecule has 0 heterocycles. The number of esters is 3. The topological polar surface area (TPSA) is 78.9 Å². The van der Waals surface area contributed by atoms with Crippen molar-refractivity contribution in [2.24, 2.45) is 0 Å². The van der Waals surface area contributed by atoms with Crippen LogP contribution in [0.25, 0.3) is 0 Å². The van der Waals surface area contributed by atoms with Crippen LogP contribution in [0.15, 0.2) is 97.2 Å². The van der Waals surface area contributed by atoms with Crippen LogP contribution in [0.5, 0.6) is 0 Å². The summed E-state index contributed by atoms with van der Waals surface area (Å²) in [6.07, 6.45) is 66.9. The molecule has 0 aromatic rings. The Kier molecular flexibility index (Phi) is 48.0. The zero-order valence-corrected chi connectivity index (χ0v) is 40.8. The average Bonchev–Trinajstić information content (AvgIpc) is 3.28. The highest BCUT2D eigenvalue weighted by molar-refractivity contribution is 5.71. The van der Waals surface area contributed by atoms with Gasteiger partial charge < -0.3 is 14.2 Å². The first-order valence-electron chi connectivity index (χ1n) is 25.7. The number of ether oxygens (including phenoxy) is 3. The van der Waals surface area contributed by atoms with Crippen molar-refractivity contribution in [1.82, 2.24) is 0 Å². The monoisotopic (exact) mass is 875 g/mol. The molecule has 0 aliphatic heterocycles. The van der Waals surface area contributed by atoms with Gasteiger partial charge in [-0.3, -0.25) is 14.4 Å². The number of carbonyl (C=O) groups excluding carboxylic acids is 3. The molecule has 0 rings (SSSR count). The lowest BCUT2D eigenvalue weighted by molar-refractivity contribution is -0.167. The van der Waals surface area contributed by atoms with Gasteiger partial charge in [0.15, 0.2) is 6.10 Å². The molecule has 0 aromatic carbocycles. The van der Waals surface area contributed by atoms with Crippen molar-refractivity contribution in [3.05, 3.63) is 97.2 Å². The van der Waals surface area contributed by atoms with Gasteiger partial charge in [0.25, 0.3) is 0 Å². The third-order valence-corrected chi connectivity index (χ3v) is 10.5. The fourth-order valence-electron chi connectivity index (χ4n) is 6.61. The van der Waals surface area contributed by atoms with Crippen molar-refractivity contribution in [3.63, 3.8) is 0 Å². The van der Waals surface area contributed by atoms with Crippen LogP contribution in [0.1, 0.15) is 226 Å². The summed E-state index contributed by atoms with van der Waals surface area (Å²) in [5.74, 6) is -1.05. The minimum Gasteiger partial charge on any atom is -0.462 e. The smallest absolute Gasteiger partial charge is 0.306 e. The predicted molar refractivity (Wildman–Crippen MR) is 270 cm³/mol. The molecule has 0 N–H and O–H groups in total. The summed E-state index contributed by atoms with van der Waals surface area (Å²) in [5.41, 5.74) is 0. The SMILES string of the molecule is CCCC/C=C\CCCCCCCC(=O)OC[C@@H](COC(=O)CCC/C=C\C/C=C\C/C=C\C/C=C\CCCCC)OC(=O)CCC/C=C\C/C=C\C/C=C\CCCCCCCC. The third-order valence-electron chi connectivity index (χ3n) is 10.5. The molecule has 0 saturated carbocycles. The molecular formula is C57H94O6. The van der Waals surface area contributed by atoms with Gasteiger partial charge in [-0.05, 0) is 109 Å². The number of carbonyl (C=O) groups is 3. The number of hydrogen-bond acceptors (Lipinski definition) is 6. The largest absolute Gasteiger partial charge is 0.462 e. The fraction of sp³-hybridized carbons (Fsp3) is 0.667. The molecule has 6 heteroatoms. The molecule has 1 atom stereocenters. The van der Waals surface area contributed by atoms with Crippen molar-refractivity contribution in [2.45, 2.75) is 232 Å². The Bertz CT molecular complexity index is 1280. The Balaban J connectivity index is 4.56. The number of rotatable bonds is 45. The standard InChI is InChI=1S/C57H94O6/c1-4-7-10-13-16-19-22-24-26-28-30-32-35-38-41-44-47-50-56(59)62-53-54(52-61-55(58)49-46-43-40-37-34-21-18-15-12-9-6-3)63-57(60)51-48-45-42-39-36-33-31-29-27-25-23-20-17-14-11-8-5-2/h15-16,18-19,24-27,30-33,38-39,41-42,54H,4-14,17,20-23,28-29,34-37,40,43-53H2,1-3H3/b18-15-,19-16-,26-24-,27-25-,32-30-,33-31-,41-38-,42-39-/t54-/m0/s1. The molecule has 0 fully saturated rings. The first kappa shape index (κ1) is 59.3. The maximum Gasteiger partial charge on any atom is 0.306 e. The second kappa shape index (κ2) is 51.0. The van der Waals surface area contributed by atoms with E-state index in [2.05, 4.69) is 118 Å². The summed E-state index contributed by atoms with van der Waals surface area (Å²) >= 11 is 0. The Morgan fingerprint density at radius 1 is 0.317 bits per heavy atom. The van der Waals surface area contributed by atoms with E-state index in [1.54, 1.807) is 0 Å².